The molecule has 0 bridgehead atoms. The highest BCUT2D eigenvalue weighted by Gasteiger charge is 2.47. The minimum absolute atomic E-state index is 0.0218. The van der Waals surface area contributed by atoms with Crippen LogP contribution in [0.2, 0.25) is 0 Å². The second-order valence-electron chi connectivity index (χ2n) is 7.76. The monoisotopic (exact) mass is 384 g/mol. The smallest absolute Gasteiger partial charge is 0.246 e. The Morgan fingerprint density at radius 1 is 1.36 bits per heavy atom. The van der Waals surface area contributed by atoms with Crippen LogP contribution in [0.15, 0.2) is 34.9 Å². The van der Waals surface area contributed by atoms with E-state index < -0.39 is 0 Å². The summed E-state index contributed by atoms with van der Waals surface area (Å²) in [7, 11) is 3.47. The molecule has 0 saturated carbocycles. The lowest BCUT2D eigenvalue weighted by Crippen LogP contribution is -2.38. The number of benzene rings is 1. The highest BCUT2D eigenvalue weighted by molar-refractivity contribution is 5.80. The van der Waals surface area contributed by atoms with Gasteiger partial charge in [-0.15, -0.1) is 0 Å². The Labute approximate surface area is 165 Å². The van der Waals surface area contributed by atoms with Crippen molar-refractivity contribution in [2.24, 2.45) is 5.92 Å². The standard InChI is InChI=1S/C21H28N4O3/c1-24(14-20-22-19(23-28-20)10-12-27-2)21(26)16-13-18(15-7-4-3-5-8-15)25-11-6-9-17(16)25/h3-5,7-8,16-18H,6,9-14H2,1-2H3/t16-,17+,18-/m1/s1. The van der Waals surface area contributed by atoms with Gasteiger partial charge < -0.3 is 14.2 Å². The lowest BCUT2D eigenvalue weighted by Gasteiger charge is -2.25. The Hall–Kier alpha value is -2.25. The van der Waals surface area contributed by atoms with E-state index in [-0.39, 0.29) is 11.8 Å². The number of carbonyl (C=O) groups excluding carboxylic acids is 1. The fourth-order valence-electron chi connectivity index (χ4n) is 4.65. The predicted octanol–water partition coefficient (Wildman–Crippen LogP) is 2.44. The Morgan fingerprint density at radius 2 is 2.18 bits per heavy atom. The van der Waals surface area contributed by atoms with Crippen molar-refractivity contribution in [2.45, 2.75) is 44.3 Å². The number of nitrogens with zero attached hydrogens (tertiary/aromatic N) is 4. The molecule has 0 radical (unpaired) electrons. The first-order valence-corrected chi connectivity index (χ1v) is 10.0. The first kappa shape index (κ1) is 19.1. The zero-order valence-electron chi connectivity index (χ0n) is 16.6. The second-order valence-corrected chi connectivity index (χ2v) is 7.76. The zero-order valence-corrected chi connectivity index (χ0v) is 16.6. The van der Waals surface area contributed by atoms with Gasteiger partial charge in [0, 0.05) is 32.7 Å². The van der Waals surface area contributed by atoms with Crippen molar-refractivity contribution in [3.8, 4) is 0 Å². The molecule has 1 aromatic heterocycles. The van der Waals surface area contributed by atoms with Gasteiger partial charge in [-0.2, -0.15) is 4.98 Å². The van der Waals surface area contributed by atoms with Gasteiger partial charge in [0.1, 0.15) is 0 Å². The van der Waals surface area contributed by atoms with E-state index in [1.165, 1.54) is 5.56 Å². The average molecular weight is 384 g/mol. The summed E-state index contributed by atoms with van der Waals surface area (Å²) in [6.07, 6.45) is 3.74. The first-order valence-electron chi connectivity index (χ1n) is 10.0. The van der Waals surface area contributed by atoms with E-state index in [0.29, 0.717) is 43.4 Å². The Kier molecular flexibility index (Phi) is 5.73. The van der Waals surface area contributed by atoms with Crippen LogP contribution >= 0.6 is 0 Å². The summed E-state index contributed by atoms with van der Waals surface area (Å²) in [5.41, 5.74) is 1.31. The van der Waals surface area contributed by atoms with E-state index in [4.69, 9.17) is 9.26 Å². The average Bonchev–Trinajstić information content (AvgIpc) is 3.43. The number of fused-ring (bicyclic) bond motifs is 1. The number of aromatic nitrogens is 2. The molecule has 1 amide bonds. The van der Waals surface area contributed by atoms with Gasteiger partial charge in [0.25, 0.3) is 0 Å². The van der Waals surface area contributed by atoms with Crippen molar-refractivity contribution < 1.29 is 14.1 Å². The maximum Gasteiger partial charge on any atom is 0.246 e. The second kappa shape index (κ2) is 8.41. The molecule has 3 atom stereocenters. The minimum Gasteiger partial charge on any atom is -0.384 e. The highest BCUT2D eigenvalue weighted by Crippen LogP contribution is 2.45. The van der Waals surface area contributed by atoms with Crippen LogP contribution in [0, 0.1) is 5.92 Å². The Bertz CT molecular complexity index is 794. The maximum absolute atomic E-state index is 13.2. The summed E-state index contributed by atoms with van der Waals surface area (Å²) in [5.74, 6) is 1.29. The number of hydrogen-bond acceptors (Lipinski definition) is 6. The molecule has 0 unspecified atom stereocenters. The SMILES string of the molecule is COCCc1noc(CN(C)C(=O)[C@@H]2C[C@H](c3ccccc3)N3CCC[C@@H]23)n1. The van der Waals surface area contributed by atoms with E-state index in [1.807, 2.05) is 13.1 Å². The molecule has 7 nitrogen and oxygen atoms in total. The van der Waals surface area contributed by atoms with Gasteiger partial charge in [0.15, 0.2) is 5.82 Å². The van der Waals surface area contributed by atoms with Crippen LogP contribution in [0.4, 0.5) is 0 Å². The van der Waals surface area contributed by atoms with E-state index in [2.05, 4.69) is 39.3 Å². The lowest BCUT2D eigenvalue weighted by molar-refractivity contribution is -0.135. The van der Waals surface area contributed by atoms with E-state index in [0.717, 1.165) is 25.8 Å². The van der Waals surface area contributed by atoms with Crippen LogP contribution < -0.4 is 0 Å². The van der Waals surface area contributed by atoms with Crippen LogP contribution in [0.5, 0.6) is 0 Å². The van der Waals surface area contributed by atoms with Crippen molar-refractivity contribution in [1.82, 2.24) is 19.9 Å². The molecule has 2 aromatic rings. The lowest BCUT2D eigenvalue weighted by atomic mass is 9.93. The molecule has 7 heteroatoms. The molecular weight excluding hydrogens is 356 g/mol. The molecule has 0 spiro atoms. The topological polar surface area (TPSA) is 71.7 Å². The number of amides is 1. The van der Waals surface area contributed by atoms with E-state index >= 15 is 0 Å². The van der Waals surface area contributed by atoms with Crippen LogP contribution in [-0.2, 0) is 22.5 Å². The van der Waals surface area contributed by atoms with E-state index in [1.54, 1.807) is 12.0 Å². The molecular formula is C21H28N4O3. The fraction of sp³-hybridized carbons (Fsp3) is 0.571. The third-order valence-electron chi connectivity index (χ3n) is 5.97. The van der Waals surface area contributed by atoms with Crippen molar-refractivity contribution in [1.29, 1.82) is 0 Å². The summed E-state index contributed by atoms with van der Waals surface area (Å²) in [6, 6.07) is 11.2. The van der Waals surface area contributed by atoms with Crippen LogP contribution in [0.3, 0.4) is 0 Å². The van der Waals surface area contributed by atoms with Crippen molar-refractivity contribution in [3.05, 3.63) is 47.6 Å². The molecule has 2 saturated heterocycles. The van der Waals surface area contributed by atoms with Crippen LogP contribution in [-0.4, -0.2) is 59.2 Å². The van der Waals surface area contributed by atoms with E-state index in [9.17, 15) is 4.79 Å². The fourth-order valence-corrected chi connectivity index (χ4v) is 4.65. The van der Waals surface area contributed by atoms with Gasteiger partial charge in [0.05, 0.1) is 19.1 Å². The third-order valence-corrected chi connectivity index (χ3v) is 5.97. The summed E-state index contributed by atoms with van der Waals surface area (Å²) in [5, 5.41) is 3.96. The van der Waals surface area contributed by atoms with Crippen molar-refractivity contribution >= 4 is 5.91 Å². The van der Waals surface area contributed by atoms with Gasteiger partial charge >= 0.3 is 0 Å². The minimum atomic E-state index is 0.0218. The summed E-state index contributed by atoms with van der Waals surface area (Å²) >= 11 is 0. The van der Waals surface area contributed by atoms with Gasteiger partial charge in [0.2, 0.25) is 11.8 Å². The molecule has 2 aliphatic heterocycles. The molecule has 4 rings (SSSR count). The van der Waals surface area contributed by atoms with Crippen molar-refractivity contribution in [2.75, 3.05) is 27.3 Å². The molecule has 0 aliphatic carbocycles. The predicted molar refractivity (Wildman–Crippen MR) is 103 cm³/mol. The molecule has 2 fully saturated rings. The van der Waals surface area contributed by atoms with Gasteiger partial charge in [-0.05, 0) is 31.4 Å². The van der Waals surface area contributed by atoms with Crippen LogP contribution in [0.1, 0.15) is 42.6 Å². The molecule has 1 aromatic carbocycles. The zero-order chi connectivity index (χ0) is 19.5. The summed E-state index contributed by atoms with van der Waals surface area (Å²) < 4.78 is 10.3. The first-order chi connectivity index (χ1) is 13.7. The highest BCUT2D eigenvalue weighted by atomic mass is 16.5. The molecule has 2 aliphatic rings. The number of ether oxygens (including phenoxy) is 1. The molecule has 150 valence electrons. The summed E-state index contributed by atoms with van der Waals surface area (Å²) in [6.45, 7) is 1.97. The largest absolute Gasteiger partial charge is 0.384 e. The van der Waals surface area contributed by atoms with Crippen LogP contribution in [0.25, 0.3) is 0 Å². The Morgan fingerprint density at radius 3 is 2.96 bits per heavy atom. The van der Waals surface area contributed by atoms with Gasteiger partial charge in [-0.1, -0.05) is 35.5 Å². The maximum atomic E-state index is 13.2. The quantitative estimate of drug-likeness (QED) is 0.730. The molecule has 3 heterocycles. The number of hydrogen-bond donors (Lipinski definition) is 0. The normalized spacial score (nSPS) is 24.4. The molecule has 0 N–H and O–H groups in total. The molecule has 28 heavy (non-hydrogen) atoms. The van der Waals surface area contributed by atoms with Gasteiger partial charge in [-0.3, -0.25) is 9.69 Å². The number of rotatable bonds is 7. The number of methoxy groups -OCH3 is 1. The Balaban J connectivity index is 1.43. The third kappa shape index (κ3) is 3.82. The number of carbonyl (C=O) groups is 1. The summed E-state index contributed by atoms with van der Waals surface area (Å²) in [4.78, 5) is 21.9. The van der Waals surface area contributed by atoms with Gasteiger partial charge in [-0.25, -0.2) is 0 Å². The van der Waals surface area contributed by atoms with Crippen molar-refractivity contribution in [3.63, 3.8) is 0 Å².